The quantitative estimate of drug-likeness (QED) is 0.408. The van der Waals surface area contributed by atoms with E-state index >= 15 is 0 Å². The van der Waals surface area contributed by atoms with Gasteiger partial charge >= 0.3 is 0 Å². The maximum atomic E-state index is 5.99. The smallest absolute Gasteiger partial charge is 0.119 e. The number of hydrogen-bond acceptors (Lipinski definition) is 4. The SMILES string of the molecule is COC(C)(C)CCN1CCC(N(CC=C(C)C)c2ccc(OCc3ccccc3)cc2)C1. The first-order chi connectivity index (χ1) is 15.4. The number of nitrogens with zero attached hydrogens (tertiary/aromatic N) is 2. The summed E-state index contributed by atoms with van der Waals surface area (Å²) < 4.78 is 11.6. The number of rotatable bonds is 11. The zero-order valence-electron chi connectivity index (χ0n) is 20.5. The summed E-state index contributed by atoms with van der Waals surface area (Å²) in [7, 11) is 1.81. The molecule has 0 saturated carbocycles. The molecule has 1 aliphatic heterocycles. The van der Waals surface area contributed by atoms with Crippen LogP contribution in [0.3, 0.4) is 0 Å². The third-order valence-electron chi connectivity index (χ3n) is 6.38. The molecule has 0 N–H and O–H groups in total. The Balaban J connectivity index is 1.63. The van der Waals surface area contributed by atoms with Crippen molar-refractivity contribution in [2.45, 2.75) is 58.8 Å². The number of hydrogen-bond donors (Lipinski definition) is 0. The molecule has 1 atom stereocenters. The van der Waals surface area contributed by atoms with E-state index in [0.717, 1.165) is 38.3 Å². The average molecular weight is 437 g/mol. The van der Waals surface area contributed by atoms with Crippen molar-refractivity contribution >= 4 is 5.69 Å². The van der Waals surface area contributed by atoms with Gasteiger partial charge in [0.25, 0.3) is 0 Å². The summed E-state index contributed by atoms with van der Waals surface area (Å²) in [6.07, 6.45) is 4.57. The van der Waals surface area contributed by atoms with Crippen molar-refractivity contribution < 1.29 is 9.47 Å². The van der Waals surface area contributed by atoms with E-state index in [1.54, 1.807) is 7.11 Å². The van der Waals surface area contributed by atoms with Gasteiger partial charge in [0, 0.05) is 45.0 Å². The van der Waals surface area contributed by atoms with Crippen LogP contribution in [0.5, 0.6) is 5.75 Å². The normalized spacial score (nSPS) is 16.7. The number of ether oxygens (including phenoxy) is 2. The predicted octanol–water partition coefficient (Wildman–Crippen LogP) is 5.93. The summed E-state index contributed by atoms with van der Waals surface area (Å²) in [5.41, 5.74) is 3.74. The Morgan fingerprint density at radius 1 is 1.09 bits per heavy atom. The first-order valence-corrected chi connectivity index (χ1v) is 11.8. The molecule has 1 aliphatic rings. The van der Waals surface area contributed by atoms with Gasteiger partial charge in [-0.25, -0.2) is 0 Å². The molecule has 4 heteroatoms. The molecule has 0 radical (unpaired) electrons. The highest BCUT2D eigenvalue weighted by atomic mass is 16.5. The van der Waals surface area contributed by atoms with E-state index in [-0.39, 0.29) is 5.60 Å². The topological polar surface area (TPSA) is 24.9 Å². The summed E-state index contributed by atoms with van der Waals surface area (Å²) in [4.78, 5) is 5.13. The first-order valence-electron chi connectivity index (χ1n) is 11.8. The standard InChI is InChI=1S/C28H40N2O2/c1-23(2)15-19-30(26-16-18-29(21-26)20-17-28(3,4)31-5)25-11-13-27(14-12-25)32-22-24-9-7-6-8-10-24/h6-15,26H,16-22H2,1-5H3. The second-order valence-corrected chi connectivity index (χ2v) is 9.66. The van der Waals surface area contributed by atoms with Crippen LogP contribution < -0.4 is 9.64 Å². The van der Waals surface area contributed by atoms with E-state index in [1.165, 1.54) is 23.2 Å². The van der Waals surface area contributed by atoms with Gasteiger partial charge in [-0.2, -0.15) is 0 Å². The van der Waals surface area contributed by atoms with Gasteiger partial charge < -0.3 is 19.3 Å². The van der Waals surface area contributed by atoms with Gasteiger partial charge in [-0.1, -0.05) is 42.0 Å². The van der Waals surface area contributed by atoms with E-state index in [1.807, 2.05) is 18.2 Å². The molecule has 174 valence electrons. The summed E-state index contributed by atoms with van der Waals surface area (Å²) in [6.45, 7) is 13.5. The number of benzene rings is 2. The van der Waals surface area contributed by atoms with Crippen molar-refractivity contribution in [2.24, 2.45) is 0 Å². The Morgan fingerprint density at radius 3 is 2.47 bits per heavy atom. The van der Waals surface area contributed by atoms with Gasteiger partial charge in [-0.3, -0.25) is 0 Å². The predicted molar refractivity (Wildman–Crippen MR) is 135 cm³/mol. The fourth-order valence-corrected chi connectivity index (χ4v) is 4.02. The Labute approximate surface area is 194 Å². The molecule has 2 aromatic rings. The van der Waals surface area contributed by atoms with Gasteiger partial charge in [0.15, 0.2) is 0 Å². The van der Waals surface area contributed by atoms with Crippen molar-refractivity contribution in [3.05, 3.63) is 71.8 Å². The summed E-state index contributed by atoms with van der Waals surface area (Å²) >= 11 is 0. The van der Waals surface area contributed by atoms with Crippen LogP contribution in [0.4, 0.5) is 5.69 Å². The van der Waals surface area contributed by atoms with Gasteiger partial charge in [0.1, 0.15) is 12.4 Å². The molecule has 1 saturated heterocycles. The number of likely N-dealkylation sites (tertiary alicyclic amines) is 1. The van der Waals surface area contributed by atoms with E-state index < -0.39 is 0 Å². The van der Waals surface area contributed by atoms with Crippen LogP contribution in [-0.2, 0) is 11.3 Å². The Kier molecular flexibility index (Phi) is 8.77. The van der Waals surface area contributed by atoms with E-state index in [0.29, 0.717) is 12.6 Å². The fourth-order valence-electron chi connectivity index (χ4n) is 4.02. The second-order valence-electron chi connectivity index (χ2n) is 9.66. The summed E-state index contributed by atoms with van der Waals surface area (Å²) in [6, 6.07) is 19.4. The fraction of sp³-hybridized carbons (Fsp3) is 0.500. The molecule has 2 aromatic carbocycles. The van der Waals surface area contributed by atoms with Gasteiger partial charge in [-0.05, 0) is 70.4 Å². The largest absolute Gasteiger partial charge is 0.489 e. The second kappa shape index (κ2) is 11.5. The minimum Gasteiger partial charge on any atom is -0.489 e. The maximum Gasteiger partial charge on any atom is 0.119 e. The molecule has 0 amide bonds. The molecule has 0 spiro atoms. The average Bonchev–Trinajstić information content (AvgIpc) is 3.27. The highest BCUT2D eigenvalue weighted by Gasteiger charge is 2.29. The number of allylic oxidation sites excluding steroid dienone is 1. The molecular formula is C28H40N2O2. The van der Waals surface area contributed by atoms with Crippen LogP contribution in [0.2, 0.25) is 0 Å². The van der Waals surface area contributed by atoms with Gasteiger partial charge in [-0.15, -0.1) is 0 Å². The highest BCUT2D eigenvalue weighted by molar-refractivity contribution is 5.51. The van der Waals surface area contributed by atoms with Crippen LogP contribution in [0.1, 0.15) is 46.1 Å². The van der Waals surface area contributed by atoms with Crippen molar-refractivity contribution in [3.8, 4) is 5.75 Å². The maximum absolute atomic E-state index is 5.99. The zero-order chi connectivity index (χ0) is 23.0. The lowest BCUT2D eigenvalue weighted by molar-refractivity contribution is 0.00892. The van der Waals surface area contributed by atoms with E-state index in [2.05, 4.69) is 80.0 Å². The van der Waals surface area contributed by atoms with Gasteiger partial charge in [0.2, 0.25) is 0 Å². The molecule has 1 heterocycles. The summed E-state index contributed by atoms with van der Waals surface area (Å²) in [5, 5.41) is 0. The molecule has 0 bridgehead atoms. The number of methoxy groups -OCH3 is 1. The zero-order valence-corrected chi connectivity index (χ0v) is 20.5. The van der Waals surface area contributed by atoms with Crippen LogP contribution >= 0.6 is 0 Å². The van der Waals surface area contributed by atoms with E-state index in [9.17, 15) is 0 Å². The monoisotopic (exact) mass is 436 g/mol. The summed E-state index contributed by atoms with van der Waals surface area (Å²) in [5.74, 6) is 0.912. The lowest BCUT2D eigenvalue weighted by Gasteiger charge is -2.31. The van der Waals surface area contributed by atoms with E-state index in [4.69, 9.17) is 9.47 Å². The molecule has 0 aliphatic carbocycles. The molecule has 1 fully saturated rings. The Bertz CT molecular complexity index is 841. The Morgan fingerprint density at radius 2 is 1.81 bits per heavy atom. The van der Waals surface area contributed by atoms with Crippen molar-refractivity contribution in [3.63, 3.8) is 0 Å². The van der Waals surface area contributed by atoms with Crippen molar-refractivity contribution in [2.75, 3.05) is 38.2 Å². The molecular weight excluding hydrogens is 396 g/mol. The minimum absolute atomic E-state index is 0.0601. The molecule has 0 aromatic heterocycles. The Hall–Kier alpha value is -2.30. The van der Waals surface area contributed by atoms with Crippen molar-refractivity contribution in [1.82, 2.24) is 4.90 Å². The highest BCUT2D eigenvalue weighted by Crippen LogP contribution is 2.27. The van der Waals surface area contributed by atoms with Crippen molar-refractivity contribution in [1.29, 1.82) is 0 Å². The molecule has 32 heavy (non-hydrogen) atoms. The lowest BCUT2D eigenvalue weighted by atomic mass is 10.1. The lowest BCUT2D eigenvalue weighted by Crippen LogP contribution is -2.39. The molecule has 3 rings (SSSR count). The van der Waals surface area contributed by atoms with Crippen LogP contribution in [0.15, 0.2) is 66.2 Å². The first kappa shape index (κ1) is 24.3. The third kappa shape index (κ3) is 7.39. The molecule has 1 unspecified atom stereocenters. The number of anilines is 1. The minimum atomic E-state index is -0.0601. The van der Waals surface area contributed by atoms with Crippen LogP contribution in [0.25, 0.3) is 0 Å². The van der Waals surface area contributed by atoms with Crippen LogP contribution in [0, 0.1) is 0 Å². The van der Waals surface area contributed by atoms with Gasteiger partial charge in [0.05, 0.1) is 5.60 Å². The third-order valence-corrected chi connectivity index (χ3v) is 6.38. The van der Waals surface area contributed by atoms with Crippen LogP contribution in [-0.4, -0.2) is 49.8 Å². The molecule has 4 nitrogen and oxygen atoms in total.